The molecule has 26 heavy (non-hydrogen) atoms. The summed E-state index contributed by atoms with van der Waals surface area (Å²) in [6, 6.07) is 1.99. The summed E-state index contributed by atoms with van der Waals surface area (Å²) in [7, 11) is 0. The van der Waals surface area contributed by atoms with E-state index in [-0.39, 0.29) is 11.7 Å². The number of nitro groups is 1. The fourth-order valence-electron chi connectivity index (χ4n) is 2.01. The normalized spacial score (nSPS) is 15.1. The average Bonchev–Trinajstić information content (AvgIpc) is 3.35. The Balaban J connectivity index is 1.96. The van der Waals surface area contributed by atoms with E-state index in [0.29, 0.717) is 12.1 Å². The highest BCUT2D eigenvalue weighted by atomic mass is 19.4. The van der Waals surface area contributed by atoms with Gasteiger partial charge in [-0.2, -0.15) is 13.2 Å². The zero-order valence-corrected chi connectivity index (χ0v) is 13.6. The summed E-state index contributed by atoms with van der Waals surface area (Å²) >= 11 is 0. The zero-order chi connectivity index (χ0) is 19.5. The van der Waals surface area contributed by atoms with E-state index < -0.39 is 46.9 Å². The van der Waals surface area contributed by atoms with Crippen molar-refractivity contribution >= 4 is 23.3 Å². The van der Waals surface area contributed by atoms with Gasteiger partial charge in [-0.15, -0.1) is 0 Å². The Bertz CT molecular complexity index is 719. The number of hydrogen-bond donors (Lipinski definition) is 2. The Morgan fingerprint density at radius 1 is 1.38 bits per heavy atom. The molecule has 0 spiro atoms. The number of ether oxygens (including phenoxy) is 1. The van der Waals surface area contributed by atoms with Crippen LogP contribution in [0.1, 0.15) is 25.3 Å². The van der Waals surface area contributed by atoms with Crippen molar-refractivity contribution in [1.29, 1.82) is 0 Å². The lowest BCUT2D eigenvalue weighted by atomic mass is 10.1. The van der Waals surface area contributed by atoms with Crippen molar-refractivity contribution in [2.75, 3.05) is 11.9 Å². The number of carbonyl (C=O) groups excluding carboxylic acids is 2. The number of carbonyl (C=O) groups is 2. The van der Waals surface area contributed by atoms with E-state index in [0.717, 1.165) is 18.9 Å². The van der Waals surface area contributed by atoms with Gasteiger partial charge in [0.2, 0.25) is 0 Å². The second-order valence-electron chi connectivity index (χ2n) is 5.76. The minimum Gasteiger partial charge on any atom is -0.451 e. The second-order valence-corrected chi connectivity index (χ2v) is 5.76. The number of esters is 1. The number of hydrogen-bond acceptors (Lipinski definition) is 6. The molecule has 1 fully saturated rings. The maximum absolute atomic E-state index is 12.6. The first kappa shape index (κ1) is 19.5. The first-order valence-corrected chi connectivity index (χ1v) is 7.67. The topological polar surface area (TPSA) is 111 Å². The maximum atomic E-state index is 12.6. The molecule has 1 aliphatic carbocycles. The molecule has 0 saturated heterocycles. The highest BCUT2D eigenvalue weighted by Gasteiger charge is 2.33. The monoisotopic (exact) mass is 375 g/mol. The SMILES string of the molecule is C[C@@H](OC(=O)CNc1ccc(C(F)(F)F)cc1[N+](=O)[O-])C(=O)NC1CC1. The van der Waals surface area contributed by atoms with Crippen LogP contribution in [0.3, 0.4) is 0 Å². The van der Waals surface area contributed by atoms with E-state index in [1.807, 2.05) is 0 Å². The van der Waals surface area contributed by atoms with Crippen molar-refractivity contribution in [1.82, 2.24) is 5.32 Å². The van der Waals surface area contributed by atoms with E-state index in [2.05, 4.69) is 10.6 Å². The standard InChI is InChI=1S/C15H16F3N3O5/c1-8(14(23)20-10-3-4-10)26-13(22)7-19-11-5-2-9(15(16,17)18)6-12(11)21(24)25/h2,5-6,8,10,19H,3-4,7H2,1H3,(H,20,23)/t8-/m1/s1. The molecule has 1 amide bonds. The molecule has 11 heteroatoms. The van der Waals surface area contributed by atoms with Gasteiger partial charge in [0.15, 0.2) is 6.10 Å². The molecule has 1 aliphatic rings. The first-order valence-electron chi connectivity index (χ1n) is 7.67. The molecule has 0 bridgehead atoms. The Labute approximate surface area is 145 Å². The summed E-state index contributed by atoms with van der Waals surface area (Å²) in [4.78, 5) is 33.4. The third-order valence-electron chi connectivity index (χ3n) is 3.55. The minimum atomic E-state index is -4.73. The molecule has 8 nitrogen and oxygen atoms in total. The van der Waals surface area contributed by atoms with Crippen LogP contribution in [0.15, 0.2) is 18.2 Å². The van der Waals surface area contributed by atoms with Crippen molar-refractivity contribution in [3.8, 4) is 0 Å². The van der Waals surface area contributed by atoms with Crippen LogP contribution in [0, 0.1) is 10.1 Å². The molecule has 0 aromatic heterocycles. The van der Waals surface area contributed by atoms with Crippen LogP contribution in [0.25, 0.3) is 0 Å². The van der Waals surface area contributed by atoms with E-state index in [1.165, 1.54) is 6.92 Å². The van der Waals surface area contributed by atoms with Gasteiger partial charge in [0.05, 0.1) is 10.5 Å². The molecular formula is C15H16F3N3O5. The number of nitrogens with zero attached hydrogens (tertiary/aromatic N) is 1. The van der Waals surface area contributed by atoms with Gasteiger partial charge in [-0.05, 0) is 31.9 Å². The predicted molar refractivity (Wildman–Crippen MR) is 83.3 cm³/mol. The molecule has 142 valence electrons. The molecule has 0 heterocycles. The van der Waals surface area contributed by atoms with Crippen molar-refractivity contribution < 1.29 is 32.4 Å². The summed E-state index contributed by atoms with van der Waals surface area (Å²) in [6.45, 7) is 0.823. The third-order valence-corrected chi connectivity index (χ3v) is 3.55. The fourth-order valence-corrected chi connectivity index (χ4v) is 2.01. The van der Waals surface area contributed by atoms with E-state index >= 15 is 0 Å². The molecule has 2 rings (SSSR count). The summed E-state index contributed by atoms with van der Waals surface area (Å²) < 4.78 is 42.8. The Morgan fingerprint density at radius 3 is 2.58 bits per heavy atom. The minimum absolute atomic E-state index is 0.0940. The fraction of sp³-hybridized carbons (Fsp3) is 0.467. The van der Waals surface area contributed by atoms with Gasteiger partial charge in [0.25, 0.3) is 11.6 Å². The lowest BCUT2D eigenvalue weighted by molar-refractivity contribution is -0.384. The summed E-state index contributed by atoms with van der Waals surface area (Å²) in [5.74, 6) is -1.33. The smallest absolute Gasteiger partial charge is 0.416 e. The number of halogens is 3. The van der Waals surface area contributed by atoms with Crippen LogP contribution in [-0.4, -0.2) is 35.5 Å². The lowest BCUT2D eigenvalue weighted by Crippen LogP contribution is -2.38. The van der Waals surface area contributed by atoms with Crippen LogP contribution >= 0.6 is 0 Å². The van der Waals surface area contributed by atoms with Gasteiger partial charge in [0.1, 0.15) is 12.2 Å². The molecule has 1 atom stereocenters. The second kappa shape index (κ2) is 7.58. The highest BCUT2D eigenvalue weighted by molar-refractivity contribution is 5.85. The number of nitro benzene ring substituents is 1. The molecule has 1 aromatic rings. The number of amides is 1. The van der Waals surface area contributed by atoms with Gasteiger partial charge in [0, 0.05) is 12.1 Å². The van der Waals surface area contributed by atoms with Crippen LogP contribution in [0.4, 0.5) is 24.5 Å². The van der Waals surface area contributed by atoms with Crippen molar-refractivity contribution in [3.05, 3.63) is 33.9 Å². The van der Waals surface area contributed by atoms with Crippen molar-refractivity contribution in [2.45, 2.75) is 38.1 Å². The lowest BCUT2D eigenvalue weighted by Gasteiger charge is -2.14. The van der Waals surface area contributed by atoms with Crippen LogP contribution in [0.2, 0.25) is 0 Å². The van der Waals surface area contributed by atoms with E-state index in [9.17, 15) is 32.9 Å². The number of alkyl halides is 3. The van der Waals surface area contributed by atoms with Gasteiger partial charge in [-0.3, -0.25) is 19.7 Å². The Kier molecular flexibility index (Phi) is 5.68. The zero-order valence-electron chi connectivity index (χ0n) is 13.6. The highest BCUT2D eigenvalue weighted by Crippen LogP contribution is 2.34. The summed E-state index contributed by atoms with van der Waals surface area (Å²) in [6.07, 6.45) is -4.04. The molecule has 1 saturated carbocycles. The van der Waals surface area contributed by atoms with Gasteiger partial charge < -0.3 is 15.4 Å². The number of anilines is 1. The molecule has 2 N–H and O–H groups in total. The largest absolute Gasteiger partial charge is 0.451 e. The van der Waals surface area contributed by atoms with Crippen LogP contribution < -0.4 is 10.6 Å². The predicted octanol–water partition coefficient (Wildman–Crippen LogP) is 2.24. The average molecular weight is 375 g/mol. The Hall–Kier alpha value is -2.85. The van der Waals surface area contributed by atoms with Crippen molar-refractivity contribution in [2.24, 2.45) is 0 Å². The third kappa shape index (κ3) is 5.33. The summed E-state index contributed by atoms with van der Waals surface area (Å²) in [5.41, 5.74) is -2.27. The van der Waals surface area contributed by atoms with Crippen LogP contribution in [-0.2, 0) is 20.5 Å². The van der Waals surface area contributed by atoms with Gasteiger partial charge in [-0.25, -0.2) is 0 Å². The summed E-state index contributed by atoms with van der Waals surface area (Å²) in [5, 5.41) is 16.0. The van der Waals surface area contributed by atoms with E-state index in [1.54, 1.807) is 0 Å². The Morgan fingerprint density at radius 2 is 2.04 bits per heavy atom. The van der Waals surface area contributed by atoms with Gasteiger partial charge >= 0.3 is 12.1 Å². The first-order chi connectivity index (χ1) is 12.1. The molecule has 0 radical (unpaired) electrons. The number of benzene rings is 1. The molecule has 0 aliphatic heterocycles. The number of nitrogens with one attached hydrogen (secondary N) is 2. The quantitative estimate of drug-likeness (QED) is 0.430. The van der Waals surface area contributed by atoms with Crippen LogP contribution in [0.5, 0.6) is 0 Å². The molecular weight excluding hydrogens is 359 g/mol. The molecule has 0 unspecified atom stereocenters. The van der Waals surface area contributed by atoms with Crippen molar-refractivity contribution in [3.63, 3.8) is 0 Å². The van der Waals surface area contributed by atoms with E-state index in [4.69, 9.17) is 4.74 Å². The molecule has 1 aromatic carbocycles. The number of rotatable bonds is 7. The van der Waals surface area contributed by atoms with Gasteiger partial charge in [-0.1, -0.05) is 0 Å². The maximum Gasteiger partial charge on any atom is 0.416 e.